The zero-order chi connectivity index (χ0) is 33.1. The van der Waals surface area contributed by atoms with E-state index in [4.69, 9.17) is 9.47 Å². The number of aryl methyl sites for hydroxylation is 1. The Morgan fingerprint density at radius 3 is 2.18 bits per heavy atom. The van der Waals surface area contributed by atoms with E-state index in [-0.39, 0.29) is 5.60 Å². The molecule has 0 amide bonds. The fourth-order valence-corrected chi connectivity index (χ4v) is 7.20. The fourth-order valence-electron chi connectivity index (χ4n) is 6.65. The Morgan fingerprint density at radius 1 is 0.933 bits per heavy atom. The largest absolute Gasteiger partial charge is 0.487 e. The van der Waals surface area contributed by atoms with Gasteiger partial charge in [0.1, 0.15) is 22.8 Å². The van der Waals surface area contributed by atoms with Crippen molar-refractivity contribution in [3.63, 3.8) is 0 Å². The Bertz CT molecular complexity index is 1230. The lowest BCUT2D eigenvalue weighted by atomic mass is 9.83. The summed E-state index contributed by atoms with van der Waals surface area (Å²) in [6.45, 7) is 18.0. The summed E-state index contributed by atoms with van der Waals surface area (Å²) in [7, 11) is 0. The quantitative estimate of drug-likeness (QED) is 0.0865. The van der Waals surface area contributed by atoms with Crippen molar-refractivity contribution in [1.82, 2.24) is 4.98 Å². The minimum absolute atomic E-state index is 0.158. The van der Waals surface area contributed by atoms with Gasteiger partial charge in [0.25, 0.3) is 0 Å². The van der Waals surface area contributed by atoms with Crippen LogP contribution in [0.3, 0.4) is 0 Å². The summed E-state index contributed by atoms with van der Waals surface area (Å²) in [6.07, 6.45) is 17.3. The molecule has 0 fully saturated rings. The molecule has 4 unspecified atom stereocenters. The molecule has 0 spiro atoms. The van der Waals surface area contributed by atoms with Gasteiger partial charge >= 0.3 is 5.97 Å². The third kappa shape index (κ3) is 11.7. The van der Waals surface area contributed by atoms with Crippen molar-refractivity contribution >= 4 is 37.8 Å². The number of fused-ring (bicyclic) bond motifs is 1. The van der Waals surface area contributed by atoms with E-state index in [0.29, 0.717) is 16.3 Å². The molecule has 252 valence electrons. The van der Waals surface area contributed by atoms with Gasteiger partial charge in [-0.1, -0.05) is 111 Å². The van der Waals surface area contributed by atoms with Crippen molar-refractivity contribution in [3.05, 3.63) is 51.8 Å². The van der Waals surface area contributed by atoms with E-state index < -0.39 is 5.97 Å². The van der Waals surface area contributed by atoms with Gasteiger partial charge in [0.05, 0.1) is 0 Å². The first kappa shape index (κ1) is 38.1. The molecule has 1 aliphatic heterocycles. The van der Waals surface area contributed by atoms with Crippen LogP contribution < -0.4 is 9.47 Å². The van der Waals surface area contributed by atoms with Crippen LogP contribution in [0.15, 0.2) is 18.3 Å². The minimum atomic E-state index is -0.415. The maximum Gasteiger partial charge on any atom is 0.362 e. The van der Waals surface area contributed by atoms with Crippen LogP contribution >= 0.6 is 31.9 Å². The molecule has 4 atom stereocenters. The van der Waals surface area contributed by atoms with Gasteiger partial charge in [-0.3, -0.25) is 0 Å². The molecule has 0 bridgehead atoms. The van der Waals surface area contributed by atoms with Gasteiger partial charge in [-0.05, 0) is 112 Å². The van der Waals surface area contributed by atoms with Gasteiger partial charge in [-0.15, -0.1) is 0 Å². The van der Waals surface area contributed by atoms with Crippen molar-refractivity contribution < 1.29 is 14.3 Å². The number of halogens is 2. The van der Waals surface area contributed by atoms with E-state index in [9.17, 15) is 4.79 Å². The average molecular weight is 750 g/mol. The van der Waals surface area contributed by atoms with Crippen LogP contribution in [0, 0.1) is 38.5 Å². The minimum Gasteiger partial charge on any atom is -0.487 e. The summed E-state index contributed by atoms with van der Waals surface area (Å²) < 4.78 is 12.8. The van der Waals surface area contributed by atoms with Crippen molar-refractivity contribution in [2.24, 2.45) is 17.8 Å². The molecule has 1 aromatic heterocycles. The van der Waals surface area contributed by atoms with Crippen LogP contribution in [0.4, 0.5) is 0 Å². The molecule has 0 saturated heterocycles. The molecule has 1 aliphatic rings. The first-order chi connectivity index (χ1) is 21.3. The summed E-state index contributed by atoms with van der Waals surface area (Å²) in [5.41, 5.74) is 5.50. The van der Waals surface area contributed by atoms with Crippen molar-refractivity contribution in [3.8, 4) is 11.5 Å². The molecule has 4 nitrogen and oxygen atoms in total. The van der Waals surface area contributed by atoms with Crippen molar-refractivity contribution in [2.75, 3.05) is 5.33 Å². The summed E-state index contributed by atoms with van der Waals surface area (Å²) in [6, 6.07) is 3.75. The highest BCUT2D eigenvalue weighted by Crippen LogP contribution is 2.45. The van der Waals surface area contributed by atoms with Gasteiger partial charge in [0, 0.05) is 21.9 Å². The molecule has 3 rings (SSSR count). The molecule has 2 aromatic rings. The van der Waals surface area contributed by atoms with E-state index in [0.717, 1.165) is 83.2 Å². The molecule has 45 heavy (non-hydrogen) atoms. The fraction of sp³-hybridized carbons (Fsp3) is 0.692. The second-order valence-corrected chi connectivity index (χ2v) is 16.6. The van der Waals surface area contributed by atoms with E-state index in [1.165, 1.54) is 56.9 Å². The molecule has 0 aliphatic carbocycles. The Labute approximate surface area is 291 Å². The summed E-state index contributed by atoms with van der Waals surface area (Å²) in [4.78, 5) is 18.0. The molecule has 6 heteroatoms. The molecule has 0 radical (unpaired) electrons. The number of hydrogen-bond donors (Lipinski definition) is 0. The van der Waals surface area contributed by atoms with Crippen LogP contribution in [0.5, 0.6) is 11.5 Å². The normalized spacial score (nSPS) is 18.3. The van der Waals surface area contributed by atoms with E-state index in [1.807, 2.05) is 13.0 Å². The highest BCUT2D eigenvalue weighted by molar-refractivity contribution is 9.12. The highest BCUT2D eigenvalue weighted by atomic mass is 79.9. The predicted octanol–water partition coefficient (Wildman–Crippen LogP) is 11.8. The monoisotopic (exact) mass is 747 g/mol. The molecule has 0 N–H and O–H groups in total. The Hall–Kier alpha value is -1.40. The number of ether oxygens (including phenoxy) is 2. The van der Waals surface area contributed by atoms with Gasteiger partial charge in [0.2, 0.25) is 0 Å². The molecule has 0 saturated carbocycles. The van der Waals surface area contributed by atoms with Crippen molar-refractivity contribution in [1.29, 1.82) is 0 Å². The van der Waals surface area contributed by atoms with Crippen LogP contribution in [0.1, 0.15) is 144 Å². The number of aromatic nitrogens is 1. The number of alkyl halides is 2. The number of benzene rings is 1. The van der Waals surface area contributed by atoms with Gasteiger partial charge in [-0.25, -0.2) is 9.78 Å². The van der Waals surface area contributed by atoms with E-state index in [2.05, 4.69) is 85.3 Å². The topological polar surface area (TPSA) is 48.4 Å². The first-order valence-corrected chi connectivity index (χ1v) is 19.6. The second-order valence-electron chi connectivity index (χ2n) is 14.7. The SMILES string of the molecule is Cc1c(C)c2c(c(C)c1OC(=O)c1ccc(CCC(Br)CBr)cn1)CCC(C)(CCCC(C)CCCC(C)CCCC(C)C)O2. The van der Waals surface area contributed by atoms with Gasteiger partial charge < -0.3 is 9.47 Å². The van der Waals surface area contributed by atoms with Crippen LogP contribution in [0.2, 0.25) is 0 Å². The molecule has 2 heterocycles. The molecule has 1 aromatic carbocycles. The molecular weight excluding hydrogens is 690 g/mol. The number of rotatable bonds is 18. The van der Waals surface area contributed by atoms with Crippen molar-refractivity contribution in [2.45, 2.75) is 149 Å². The lowest BCUT2D eigenvalue weighted by Gasteiger charge is -2.38. The second kappa shape index (κ2) is 18.2. The summed E-state index contributed by atoms with van der Waals surface area (Å²) >= 11 is 7.14. The molecular formula is C39H59Br2NO3. The Kier molecular flexibility index (Phi) is 15.4. The van der Waals surface area contributed by atoms with Crippen LogP contribution in [-0.2, 0) is 12.8 Å². The highest BCUT2D eigenvalue weighted by Gasteiger charge is 2.35. The zero-order valence-corrected chi connectivity index (χ0v) is 32.5. The number of hydrogen-bond acceptors (Lipinski definition) is 4. The number of nitrogens with zero attached hydrogens (tertiary/aromatic N) is 1. The lowest BCUT2D eigenvalue weighted by molar-refractivity contribution is 0.0508. The summed E-state index contributed by atoms with van der Waals surface area (Å²) in [5, 5.41) is 0.909. The maximum absolute atomic E-state index is 13.1. The zero-order valence-electron chi connectivity index (χ0n) is 29.4. The first-order valence-electron chi connectivity index (χ1n) is 17.5. The number of carbonyl (C=O) groups excluding carboxylic acids is 1. The van der Waals surface area contributed by atoms with Gasteiger partial charge in [-0.2, -0.15) is 0 Å². The standard InChI is InChI=1S/C39H59Br2NO3/c1-26(2)12-9-13-27(3)14-10-15-28(4)16-11-22-39(8)23-21-34-31(7)36(29(5)30(6)37(34)45-39)44-38(43)35-20-18-32(25-42-35)17-19-33(41)24-40/h18,20,25-28,33H,9-17,19,21-24H2,1-8H3. The average Bonchev–Trinajstić information content (AvgIpc) is 3.00. The number of pyridine rings is 1. The lowest BCUT2D eigenvalue weighted by Crippen LogP contribution is -2.37. The third-order valence-corrected chi connectivity index (χ3v) is 12.4. The maximum atomic E-state index is 13.1. The number of esters is 1. The van der Waals surface area contributed by atoms with Crippen LogP contribution in [0.25, 0.3) is 0 Å². The Morgan fingerprint density at radius 2 is 1.58 bits per heavy atom. The van der Waals surface area contributed by atoms with Crippen LogP contribution in [-0.4, -0.2) is 26.7 Å². The Balaban J connectivity index is 1.53. The smallest absolute Gasteiger partial charge is 0.362 e. The van der Waals surface area contributed by atoms with Gasteiger partial charge in [0.15, 0.2) is 0 Å². The van der Waals surface area contributed by atoms with E-state index in [1.54, 1.807) is 12.3 Å². The summed E-state index contributed by atoms with van der Waals surface area (Å²) in [5.74, 6) is 3.68. The number of carbonyl (C=O) groups is 1. The third-order valence-electron chi connectivity index (χ3n) is 9.98. The predicted molar refractivity (Wildman–Crippen MR) is 197 cm³/mol. The van der Waals surface area contributed by atoms with E-state index >= 15 is 0 Å².